The van der Waals surface area contributed by atoms with Crippen molar-refractivity contribution >= 4 is 18.0 Å². The molecule has 0 aromatic carbocycles. The van der Waals surface area contributed by atoms with Gasteiger partial charge in [-0.3, -0.25) is 4.79 Å². The molecule has 0 fully saturated rings. The van der Waals surface area contributed by atoms with E-state index in [0.29, 0.717) is 4.90 Å². The summed E-state index contributed by atoms with van der Waals surface area (Å²) in [7, 11) is 1.04. The minimum Gasteiger partial charge on any atom is -0.474 e. The molecule has 0 atom stereocenters. The highest BCUT2D eigenvalue weighted by Gasteiger charge is 2.23. The largest absolute Gasteiger partial charge is 0.474 e. The molecule has 12 heavy (non-hydrogen) atoms. The molecule has 0 aliphatic carbocycles. The van der Waals surface area contributed by atoms with Gasteiger partial charge in [-0.25, -0.2) is 14.5 Å². The highest BCUT2D eigenvalue weighted by atomic mass is 16.6. The summed E-state index contributed by atoms with van der Waals surface area (Å²) in [4.78, 5) is 31.7. The van der Waals surface area contributed by atoms with E-state index >= 15 is 0 Å². The van der Waals surface area contributed by atoms with Gasteiger partial charge in [0.25, 0.3) is 0 Å². The van der Waals surface area contributed by atoms with Crippen molar-refractivity contribution in [1.82, 2.24) is 4.90 Å². The minimum absolute atomic E-state index is 0.0933. The average Bonchev–Trinajstić information content (AvgIpc) is 2.02. The molecule has 0 heterocycles. The van der Waals surface area contributed by atoms with E-state index in [1.807, 2.05) is 0 Å². The fourth-order valence-electron chi connectivity index (χ4n) is 0.447. The fraction of sp³-hybridized carbons (Fsp3) is 0.500. The van der Waals surface area contributed by atoms with Crippen LogP contribution in [0.3, 0.4) is 0 Å². The number of imide groups is 1. The standard InChI is InChI=1S/C6H9NO5/c1-3-12-6(11)7(2)4(8)5(9)10/h3H2,1-2H3,(H,9,10). The van der Waals surface area contributed by atoms with Gasteiger partial charge in [-0.15, -0.1) is 0 Å². The van der Waals surface area contributed by atoms with Gasteiger partial charge in [0, 0.05) is 7.05 Å². The number of carbonyl (C=O) groups excluding carboxylic acids is 2. The number of carbonyl (C=O) groups is 3. The van der Waals surface area contributed by atoms with Gasteiger partial charge in [0.15, 0.2) is 0 Å². The van der Waals surface area contributed by atoms with Crippen molar-refractivity contribution in [3.63, 3.8) is 0 Å². The van der Waals surface area contributed by atoms with Crippen molar-refractivity contribution in [3.8, 4) is 0 Å². The Morgan fingerprint density at radius 2 is 1.92 bits per heavy atom. The molecule has 0 unspecified atom stereocenters. The van der Waals surface area contributed by atoms with Crippen molar-refractivity contribution < 1.29 is 24.2 Å². The molecule has 0 spiro atoms. The summed E-state index contributed by atoms with van der Waals surface area (Å²) in [5, 5.41) is 8.17. The maximum absolute atomic E-state index is 10.7. The summed E-state index contributed by atoms with van der Waals surface area (Å²) in [5.74, 6) is -3.00. The normalized spacial score (nSPS) is 8.83. The molecular weight excluding hydrogens is 166 g/mol. The molecule has 0 aromatic rings. The molecule has 68 valence electrons. The maximum Gasteiger partial charge on any atom is 0.416 e. The van der Waals surface area contributed by atoms with Crippen LogP contribution in [-0.2, 0) is 14.3 Å². The molecular formula is C6H9NO5. The highest BCUT2D eigenvalue weighted by Crippen LogP contribution is 1.90. The van der Waals surface area contributed by atoms with Crippen LogP contribution in [0.1, 0.15) is 6.92 Å². The third-order valence-electron chi connectivity index (χ3n) is 1.03. The quantitative estimate of drug-likeness (QED) is 0.552. The highest BCUT2D eigenvalue weighted by molar-refractivity contribution is 6.33. The van der Waals surface area contributed by atoms with E-state index < -0.39 is 18.0 Å². The number of hydrogen-bond acceptors (Lipinski definition) is 4. The van der Waals surface area contributed by atoms with E-state index in [4.69, 9.17) is 5.11 Å². The lowest BCUT2D eigenvalue weighted by atomic mass is 10.5. The summed E-state index contributed by atoms with van der Waals surface area (Å²) in [6.07, 6.45) is -0.968. The van der Waals surface area contributed by atoms with Crippen LogP contribution < -0.4 is 0 Å². The van der Waals surface area contributed by atoms with Crippen LogP contribution in [0, 0.1) is 0 Å². The number of hydrogen-bond donors (Lipinski definition) is 1. The number of amides is 2. The van der Waals surface area contributed by atoms with Crippen LogP contribution in [0.25, 0.3) is 0 Å². The van der Waals surface area contributed by atoms with Crippen molar-refractivity contribution in [1.29, 1.82) is 0 Å². The van der Waals surface area contributed by atoms with Crippen LogP contribution in [0.2, 0.25) is 0 Å². The van der Waals surface area contributed by atoms with Crippen molar-refractivity contribution in [3.05, 3.63) is 0 Å². The van der Waals surface area contributed by atoms with Gasteiger partial charge < -0.3 is 9.84 Å². The van der Waals surface area contributed by atoms with Crippen molar-refractivity contribution in [2.45, 2.75) is 6.92 Å². The van der Waals surface area contributed by atoms with E-state index in [1.54, 1.807) is 6.92 Å². The van der Waals surface area contributed by atoms with Crippen LogP contribution >= 0.6 is 0 Å². The Hall–Kier alpha value is -1.59. The van der Waals surface area contributed by atoms with Gasteiger partial charge in [0.2, 0.25) is 0 Å². The summed E-state index contributed by atoms with van der Waals surface area (Å²) in [6.45, 7) is 1.65. The first kappa shape index (κ1) is 10.4. The zero-order valence-electron chi connectivity index (χ0n) is 6.73. The number of ether oxygens (including phenoxy) is 1. The number of aliphatic carboxylic acids is 1. The second-order valence-electron chi connectivity index (χ2n) is 1.87. The number of rotatable bonds is 1. The van der Waals surface area contributed by atoms with Crippen molar-refractivity contribution in [2.24, 2.45) is 0 Å². The Balaban J connectivity index is 4.19. The number of nitrogens with zero attached hydrogens (tertiary/aromatic N) is 1. The van der Waals surface area contributed by atoms with Crippen molar-refractivity contribution in [2.75, 3.05) is 13.7 Å². The smallest absolute Gasteiger partial charge is 0.416 e. The second-order valence-corrected chi connectivity index (χ2v) is 1.87. The fourth-order valence-corrected chi connectivity index (χ4v) is 0.447. The number of likely N-dealkylation sites (N-methyl/N-ethyl adjacent to an activating group) is 1. The number of carboxylic acids is 1. The van der Waals surface area contributed by atoms with Crippen LogP contribution in [0.5, 0.6) is 0 Å². The molecule has 0 saturated heterocycles. The molecule has 0 aliphatic rings. The van der Waals surface area contributed by atoms with Crippen LogP contribution in [-0.4, -0.2) is 41.6 Å². The monoisotopic (exact) mass is 175 g/mol. The summed E-state index contributed by atoms with van der Waals surface area (Å²) in [5.41, 5.74) is 0. The molecule has 0 aromatic heterocycles. The molecule has 0 saturated carbocycles. The lowest BCUT2D eigenvalue weighted by Crippen LogP contribution is -2.38. The Morgan fingerprint density at radius 1 is 1.42 bits per heavy atom. The van der Waals surface area contributed by atoms with Crippen LogP contribution in [0.15, 0.2) is 0 Å². The zero-order valence-corrected chi connectivity index (χ0v) is 6.73. The third kappa shape index (κ3) is 2.57. The maximum atomic E-state index is 10.7. The topological polar surface area (TPSA) is 83.9 Å². The van der Waals surface area contributed by atoms with E-state index in [9.17, 15) is 14.4 Å². The van der Waals surface area contributed by atoms with Gasteiger partial charge in [-0.05, 0) is 6.92 Å². The minimum atomic E-state index is -1.69. The number of carboxylic acid groups (broad SMARTS) is 1. The summed E-state index contributed by atoms with van der Waals surface area (Å²) in [6, 6.07) is 0. The Morgan fingerprint density at radius 3 is 2.25 bits per heavy atom. The molecule has 0 aliphatic heterocycles. The van der Waals surface area contributed by atoms with E-state index in [0.717, 1.165) is 7.05 Å². The third-order valence-corrected chi connectivity index (χ3v) is 1.03. The molecule has 2 amide bonds. The van der Waals surface area contributed by atoms with E-state index in [-0.39, 0.29) is 6.61 Å². The van der Waals surface area contributed by atoms with Gasteiger partial charge >= 0.3 is 18.0 Å². The first-order valence-corrected chi connectivity index (χ1v) is 3.18. The molecule has 0 rings (SSSR count). The lowest BCUT2D eigenvalue weighted by Gasteiger charge is -2.11. The average molecular weight is 175 g/mol. The van der Waals surface area contributed by atoms with E-state index in [1.165, 1.54) is 0 Å². The Labute approximate surface area is 68.7 Å². The van der Waals surface area contributed by atoms with E-state index in [2.05, 4.69) is 4.74 Å². The zero-order chi connectivity index (χ0) is 9.72. The van der Waals surface area contributed by atoms with Gasteiger partial charge in [-0.2, -0.15) is 0 Å². The van der Waals surface area contributed by atoms with Gasteiger partial charge in [0.05, 0.1) is 6.61 Å². The van der Waals surface area contributed by atoms with Gasteiger partial charge in [0.1, 0.15) is 0 Å². The lowest BCUT2D eigenvalue weighted by molar-refractivity contribution is -0.154. The molecule has 0 radical (unpaired) electrons. The molecule has 6 heteroatoms. The second kappa shape index (κ2) is 4.32. The summed E-state index contributed by atoms with van der Waals surface area (Å²) < 4.78 is 4.38. The van der Waals surface area contributed by atoms with Gasteiger partial charge in [-0.1, -0.05) is 0 Å². The molecule has 6 nitrogen and oxygen atoms in total. The predicted octanol–water partition coefficient (Wildman–Crippen LogP) is -0.314. The first-order chi connectivity index (χ1) is 5.50. The Bertz CT molecular complexity index is 212. The Kier molecular flexibility index (Phi) is 3.75. The summed E-state index contributed by atoms with van der Waals surface area (Å²) >= 11 is 0. The molecule has 0 bridgehead atoms. The SMILES string of the molecule is CCOC(=O)N(C)C(=O)C(=O)O. The predicted molar refractivity (Wildman–Crippen MR) is 37.4 cm³/mol. The van der Waals surface area contributed by atoms with Crippen LogP contribution in [0.4, 0.5) is 4.79 Å². The molecule has 1 N–H and O–H groups in total. The first-order valence-electron chi connectivity index (χ1n) is 3.18.